The van der Waals surface area contributed by atoms with Crippen LogP contribution in [0, 0.1) is 13.8 Å². The third-order valence-corrected chi connectivity index (χ3v) is 6.10. The largest absolute Gasteiger partial charge is 0.492 e. The Labute approximate surface area is 189 Å². The number of carbonyl (C=O) groups is 1. The zero-order chi connectivity index (χ0) is 23.1. The van der Waals surface area contributed by atoms with E-state index in [2.05, 4.69) is 5.32 Å². The molecule has 0 aromatic heterocycles. The summed E-state index contributed by atoms with van der Waals surface area (Å²) >= 11 is 0. The Kier molecular flexibility index (Phi) is 7.53. The molecule has 0 bridgehead atoms. The number of hydrogen-bond acceptors (Lipinski definition) is 4. The molecule has 0 heterocycles. The summed E-state index contributed by atoms with van der Waals surface area (Å²) in [5.41, 5.74) is 3.83. The second-order valence-corrected chi connectivity index (χ2v) is 9.58. The van der Waals surface area contributed by atoms with E-state index in [0.29, 0.717) is 24.4 Å². The number of hydrogen-bond donors (Lipinski definition) is 1. The fraction of sp³-hybridized carbons (Fsp3) is 0.240. The quantitative estimate of drug-likeness (QED) is 0.497. The Morgan fingerprint density at radius 2 is 1.66 bits per heavy atom. The summed E-state index contributed by atoms with van der Waals surface area (Å²) in [6.07, 6.45) is 1.20. The molecular weight excluding hydrogens is 424 g/mol. The highest BCUT2D eigenvalue weighted by molar-refractivity contribution is 7.92. The van der Waals surface area contributed by atoms with Crippen LogP contribution in [-0.2, 0) is 16.6 Å². The van der Waals surface area contributed by atoms with Gasteiger partial charge in [-0.1, -0.05) is 42.5 Å². The van der Waals surface area contributed by atoms with Crippen molar-refractivity contribution in [3.8, 4) is 5.75 Å². The van der Waals surface area contributed by atoms with Crippen LogP contribution in [0.25, 0.3) is 0 Å². The van der Waals surface area contributed by atoms with Gasteiger partial charge in [0, 0.05) is 5.56 Å². The molecule has 168 valence electrons. The number of amides is 1. The van der Waals surface area contributed by atoms with E-state index in [1.165, 1.54) is 10.6 Å². The first-order valence-electron chi connectivity index (χ1n) is 10.3. The smallest absolute Gasteiger partial charge is 0.251 e. The number of carbonyl (C=O) groups excluding carboxylic acids is 1. The molecule has 0 aliphatic rings. The lowest BCUT2D eigenvalue weighted by Crippen LogP contribution is -2.30. The molecule has 0 fully saturated rings. The van der Waals surface area contributed by atoms with E-state index in [1.54, 1.807) is 24.3 Å². The minimum atomic E-state index is -3.48. The minimum Gasteiger partial charge on any atom is -0.492 e. The minimum absolute atomic E-state index is 0.190. The van der Waals surface area contributed by atoms with Gasteiger partial charge in [-0.2, -0.15) is 0 Å². The van der Waals surface area contributed by atoms with Crippen molar-refractivity contribution in [2.45, 2.75) is 20.4 Å². The van der Waals surface area contributed by atoms with Crippen molar-refractivity contribution in [2.24, 2.45) is 0 Å². The van der Waals surface area contributed by atoms with Gasteiger partial charge in [-0.15, -0.1) is 0 Å². The van der Waals surface area contributed by atoms with Crippen LogP contribution in [0.4, 0.5) is 5.69 Å². The number of ether oxygens (including phenoxy) is 1. The Morgan fingerprint density at radius 1 is 0.969 bits per heavy atom. The molecule has 3 aromatic carbocycles. The van der Waals surface area contributed by atoms with Gasteiger partial charge in [-0.3, -0.25) is 9.10 Å². The molecule has 0 aliphatic carbocycles. The second kappa shape index (κ2) is 10.3. The zero-order valence-corrected chi connectivity index (χ0v) is 19.4. The van der Waals surface area contributed by atoms with E-state index < -0.39 is 10.0 Å². The van der Waals surface area contributed by atoms with E-state index in [0.717, 1.165) is 22.4 Å². The summed E-state index contributed by atoms with van der Waals surface area (Å²) in [5, 5.41) is 2.82. The molecule has 0 saturated carbocycles. The van der Waals surface area contributed by atoms with Gasteiger partial charge in [0.25, 0.3) is 5.91 Å². The number of para-hydroxylation sites is 1. The molecule has 0 saturated heterocycles. The number of anilines is 1. The lowest BCUT2D eigenvalue weighted by atomic mass is 10.1. The summed E-state index contributed by atoms with van der Waals surface area (Å²) < 4.78 is 31.9. The van der Waals surface area contributed by atoms with E-state index >= 15 is 0 Å². The van der Waals surface area contributed by atoms with Crippen molar-refractivity contribution >= 4 is 21.6 Å². The van der Waals surface area contributed by atoms with Crippen LogP contribution >= 0.6 is 0 Å². The molecule has 3 aromatic rings. The highest BCUT2D eigenvalue weighted by Crippen LogP contribution is 2.26. The summed E-state index contributed by atoms with van der Waals surface area (Å²) in [6.45, 7) is 4.76. The first-order valence-corrected chi connectivity index (χ1v) is 12.2. The van der Waals surface area contributed by atoms with Crippen LogP contribution in [0.5, 0.6) is 5.75 Å². The fourth-order valence-electron chi connectivity index (χ4n) is 3.25. The number of sulfonamides is 1. The van der Waals surface area contributed by atoms with Gasteiger partial charge in [0.15, 0.2) is 0 Å². The Morgan fingerprint density at radius 3 is 2.31 bits per heavy atom. The average molecular weight is 453 g/mol. The maximum atomic E-state index is 12.5. The molecule has 0 radical (unpaired) electrons. The summed E-state index contributed by atoms with van der Waals surface area (Å²) in [7, 11) is -3.48. The van der Waals surface area contributed by atoms with Gasteiger partial charge >= 0.3 is 0 Å². The predicted octanol–water partition coefficient (Wildman–Crippen LogP) is 4.08. The molecule has 6 nitrogen and oxygen atoms in total. The Hall–Kier alpha value is -3.32. The van der Waals surface area contributed by atoms with E-state index in [1.807, 2.05) is 62.4 Å². The lowest BCUT2D eigenvalue weighted by Gasteiger charge is -2.25. The molecule has 7 heteroatoms. The normalized spacial score (nSPS) is 11.1. The third kappa shape index (κ3) is 6.34. The predicted molar refractivity (Wildman–Crippen MR) is 128 cm³/mol. The lowest BCUT2D eigenvalue weighted by molar-refractivity contribution is 0.0947. The van der Waals surface area contributed by atoms with Gasteiger partial charge in [0.1, 0.15) is 12.4 Å². The van der Waals surface area contributed by atoms with Crippen LogP contribution in [0.1, 0.15) is 27.0 Å². The molecule has 3 rings (SSSR count). The van der Waals surface area contributed by atoms with Gasteiger partial charge in [-0.05, 0) is 60.9 Å². The average Bonchev–Trinajstić information content (AvgIpc) is 2.77. The standard InChI is InChI=1S/C25H28N2O4S/c1-19-9-10-20(2)24(17-19)27(32(3,29)30)18-21-11-13-22(14-12-21)25(28)26-15-16-31-23-7-5-4-6-8-23/h4-14,17H,15-16,18H2,1-3H3,(H,26,28). The molecule has 32 heavy (non-hydrogen) atoms. The summed E-state index contributed by atoms with van der Waals surface area (Å²) in [6, 6.07) is 22.1. The number of benzene rings is 3. The fourth-order valence-corrected chi connectivity index (χ4v) is 4.19. The molecule has 0 aliphatic heterocycles. The van der Waals surface area contributed by atoms with E-state index in [-0.39, 0.29) is 12.5 Å². The SMILES string of the molecule is Cc1ccc(C)c(N(Cc2ccc(C(=O)NCCOc3ccccc3)cc2)S(C)(=O)=O)c1. The van der Waals surface area contributed by atoms with Crippen molar-refractivity contribution in [3.63, 3.8) is 0 Å². The van der Waals surface area contributed by atoms with Crippen LogP contribution < -0.4 is 14.4 Å². The highest BCUT2D eigenvalue weighted by atomic mass is 32.2. The number of rotatable bonds is 9. The van der Waals surface area contributed by atoms with Crippen molar-refractivity contribution in [2.75, 3.05) is 23.7 Å². The van der Waals surface area contributed by atoms with Crippen LogP contribution in [0.2, 0.25) is 0 Å². The van der Waals surface area contributed by atoms with Crippen molar-refractivity contribution in [1.29, 1.82) is 0 Å². The second-order valence-electron chi connectivity index (χ2n) is 7.67. The van der Waals surface area contributed by atoms with Crippen LogP contribution in [0.15, 0.2) is 72.8 Å². The highest BCUT2D eigenvalue weighted by Gasteiger charge is 2.20. The maximum Gasteiger partial charge on any atom is 0.251 e. The van der Waals surface area contributed by atoms with Gasteiger partial charge < -0.3 is 10.1 Å². The molecular formula is C25H28N2O4S. The maximum absolute atomic E-state index is 12.5. The van der Waals surface area contributed by atoms with Gasteiger partial charge in [0.05, 0.1) is 25.0 Å². The Bertz CT molecular complexity index is 1160. The van der Waals surface area contributed by atoms with Crippen molar-refractivity contribution in [1.82, 2.24) is 5.32 Å². The molecule has 1 amide bonds. The van der Waals surface area contributed by atoms with Gasteiger partial charge in [-0.25, -0.2) is 8.42 Å². The van der Waals surface area contributed by atoms with Crippen molar-refractivity contribution in [3.05, 3.63) is 95.1 Å². The Balaban J connectivity index is 1.62. The topological polar surface area (TPSA) is 75.7 Å². The molecule has 0 atom stereocenters. The molecule has 0 spiro atoms. The monoisotopic (exact) mass is 452 g/mol. The first-order chi connectivity index (χ1) is 15.2. The van der Waals surface area contributed by atoms with Gasteiger partial charge in [0.2, 0.25) is 10.0 Å². The molecule has 1 N–H and O–H groups in total. The van der Waals surface area contributed by atoms with Crippen LogP contribution in [-0.4, -0.2) is 33.7 Å². The van der Waals surface area contributed by atoms with E-state index in [4.69, 9.17) is 4.74 Å². The third-order valence-electron chi connectivity index (χ3n) is 4.98. The summed E-state index contributed by atoms with van der Waals surface area (Å²) in [4.78, 5) is 12.4. The number of nitrogens with one attached hydrogen (secondary N) is 1. The number of aryl methyl sites for hydroxylation is 2. The summed E-state index contributed by atoms with van der Waals surface area (Å²) in [5.74, 6) is 0.549. The molecule has 0 unspecified atom stereocenters. The number of nitrogens with zero attached hydrogens (tertiary/aromatic N) is 1. The van der Waals surface area contributed by atoms with Crippen molar-refractivity contribution < 1.29 is 17.9 Å². The van der Waals surface area contributed by atoms with Crippen LogP contribution in [0.3, 0.4) is 0 Å². The first kappa shape index (κ1) is 23.3. The van der Waals surface area contributed by atoms with E-state index in [9.17, 15) is 13.2 Å². The zero-order valence-electron chi connectivity index (χ0n) is 18.5.